The van der Waals surface area contributed by atoms with Gasteiger partial charge in [0.15, 0.2) is 0 Å². The highest BCUT2D eigenvalue weighted by atomic mass is 19.4. The van der Waals surface area contributed by atoms with Crippen LogP contribution in [-0.4, -0.2) is 105 Å². The van der Waals surface area contributed by atoms with E-state index in [1.54, 1.807) is 0 Å². The van der Waals surface area contributed by atoms with Crippen LogP contribution in [0.4, 0.5) is 88.6 Å². The molecule has 1 rings (SSSR count). The topological polar surface area (TPSA) is 81.1 Å². The normalized spacial score (nSPS) is 21.9. The fourth-order valence-electron chi connectivity index (χ4n) is 4.12. The third kappa shape index (κ3) is 6.70. The molecule has 24 heteroatoms. The Hall–Kier alpha value is -2.72. The monoisotopic (exact) mass is 680 g/mol. The van der Waals surface area contributed by atoms with Crippen LogP contribution >= 0.6 is 0 Å². The molecule has 0 aromatic rings. The SMILES string of the molecule is CC1CCC(N(CC(F)(F)C(F)(F)C(F)(F)C(F)(F)F)C(=O)O)CC1N(CC(F)(F)C(F)(F)C(F)(F)C(F)(F)F)C(=O)O. The molecule has 0 saturated heterocycles. The van der Waals surface area contributed by atoms with Gasteiger partial charge in [0, 0.05) is 12.1 Å². The highest BCUT2D eigenvalue weighted by molar-refractivity contribution is 5.66. The largest absolute Gasteiger partial charge is 0.465 e. The second kappa shape index (κ2) is 11.3. The predicted octanol–water partition coefficient (Wildman–Crippen LogP) is 7.44. The molecule has 0 aromatic carbocycles. The third-order valence-corrected chi connectivity index (χ3v) is 6.62. The zero-order valence-electron chi connectivity index (χ0n) is 20.7. The first-order valence-corrected chi connectivity index (χ1v) is 11.1. The summed E-state index contributed by atoms with van der Waals surface area (Å²) in [5.41, 5.74) is 0. The van der Waals surface area contributed by atoms with Crippen molar-refractivity contribution in [2.24, 2.45) is 5.92 Å². The minimum Gasteiger partial charge on any atom is -0.465 e. The summed E-state index contributed by atoms with van der Waals surface area (Å²) >= 11 is 0. The number of alkyl halides is 18. The summed E-state index contributed by atoms with van der Waals surface area (Å²) in [6, 6.07) is -4.67. The van der Waals surface area contributed by atoms with Crippen molar-refractivity contribution in [3.63, 3.8) is 0 Å². The van der Waals surface area contributed by atoms with E-state index in [2.05, 4.69) is 0 Å². The Balaban J connectivity index is 3.46. The minimum absolute atomic E-state index is 0.718. The van der Waals surface area contributed by atoms with Gasteiger partial charge in [-0.15, -0.1) is 0 Å². The van der Waals surface area contributed by atoms with E-state index in [1.165, 1.54) is 0 Å². The number of amides is 2. The lowest BCUT2D eigenvalue weighted by atomic mass is 9.81. The first-order valence-electron chi connectivity index (χ1n) is 11.1. The van der Waals surface area contributed by atoms with Gasteiger partial charge in [-0.05, 0) is 25.2 Å². The molecule has 0 spiro atoms. The Morgan fingerprint density at radius 3 is 1.21 bits per heavy atom. The Morgan fingerprint density at radius 1 is 0.581 bits per heavy atom. The number of rotatable bonds is 10. The summed E-state index contributed by atoms with van der Waals surface area (Å²) in [5.74, 6) is -44.1. The fourth-order valence-corrected chi connectivity index (χ4v) is 4.12. The van der Waals surface area contributed by atoms with Crippen molar-refractivity contribution in [3.05, 3.63) is 0 Å². The fraction of sp³-hybridized carbons (Fsp3) is 0.895. The van der Waals surface area contributed by atoms with Gasteiger partial charge in [0.2, 0.25) is 0 Å². The van der Waals surface area contributed by atoms with Crippen LogP contribution in [-0.2, 0) is 0 Å². The van der Waals surface area contributed by atoms with Gasteiger partial charge in [-0.3, -0.25) is 9.80 Å². The Labute approximate surface area is 227 Å². The summed E-state index contributed by atoms with van der Waals surface area (Å²) in [6.07, 6.45) is -23.1. The van der Waals surface area contributed by atoms with Gasteiger partial charge in [0.1, 0.15) is 0 Å². The highest BCUT2D eigenvalue weighted by Gasteiger charge is 2.83. The molecule has 3 unspecified atom stereocenters. The van der Waals surface area contributed by atoms with Crippen LogP contribution < -0.4 is 0 Å². The molecule has 2 amide bonds. The summed E-state index contributed by atoms with van der Waals surface area (Å²) in [4.78, 5) is 21.3. The van der Waals surface area contributed by atoms with Crippen LogP contribution in [0.3, 0.4) is 0 Å². The van der Waals surface area contributed by atoms with Crippen molar-refractivity contribution < 1.29 is 98.8 Å². The van der Waals surface area contributed by atoms with E-state index in [-0.39, 0.29) is 0 Å². The first kappa shape index (κ1) is 38.3. The number of hydrogen-bond acceptors (Lipinski definition) is 2. The van der Waals surface area contributed by atoms with Crippen LogP contribution in [0.25, 0.3) is 0 Å². The van der Waals surface area contributed by atoms with Crippen molar-refractivity contribution >= 4 is 12.2 Å². The molecule has 0 aliphatic heterocycles. The molecule has 254 valence electrons. The Morgan fingerprint density at radius 2 is 0.907 bits per heavy atom. The lowest BCUT2D eigenvalue weighted by Gasteiger charge is -2.45. The zero-order chi connectivity index (χ0) is 34.6. The first-order chi connectivity index (χ1) is 18.7. The average molecular weight is 680 g/mol. The van der Waals surface area contributed by atoms with Gasteiger partial charge >= 0.3 is 60.1 Å². The number of halogens is 18. The quantitative estimate of drug-likeness (QED) is 0.235. The van der Waals surface area contributed by atoms with Crippen molar-refractivity contribution in [2.45, 2.75) is 86.2 Å². The average Bonchev–Trinajstić information content (AvgIpc) is 2.79. The van der Waals surface area contributed by atoms with Gasteiger partial charge in [0.25, 0.3) is 0 Å². The maximum atomic E-state index is 14.2. The summed E-state index contributed by atoms with van der Waals surface area (Å²) in [6.45, 7) is -5.41. The van der Waals surface area contributed by atoms with E-state index in [4.69, 9.17) is 0 Å². The molecule has 6 nitrogen and oxygen atoms in total. The van der Waals surface area contributed by atoms with E-state index >= 15 is 0 Å². The Bertz CT molecular complexity index is 1030. The lowest BCUT2D eigenvalue weighted by Crippen LogP contribution is -2.66. The molecule has 0 radical (unpaired) electrons. The molecule has 3 atom stereocenters. The zero-order valence-corrected chi connectivity index (χ0v) is 20.7. The minimum atomic E-state index is -7.45. The molecule has 0 bridgehead atoms. The van der Waals surface area contributed by atoms with Crippen LogP contribution in [0.1, 0.15) is 26.2 Å². The van der Waals surface area contributed by atoms with Crippen LogP contribution in [0.2, 0.25) is 0 Å². The van der Waals surface area contributed by atoms with Gasteiger partial charge in [0.05, 0.1) is 13.1 Å². The van der Waals surface area contributed by atoms with E-state index in [1.807, 2.05) is 0 Å². The second-order valence-corrected chi connectivity index (χ2v) is 9.53. The molecule has 1 aliphatic carbocycles. The van der Waals surface area contributed by atoms with Crippen LogP contribution in [0, 0.1) is 5.92 Å². The van der Waals surface area contributed by atoms with Crippen molar-refractivity contribution in [2.75, 3.05) is 13.1 Å². The van der Waals surface area contributed by atoms with Gasteiger partial charge < -0.3 is 10.2 Å². The smallest absolute Gasteiger partial charge is 0.460 e. The number of nitrogens with zero attached hydrogens (tertiary/aromatic N) is 2. The maximum Gasteiger partial charge on any atom is 0.460 e. The third-order valence-electron chi connectivity index (χ3n) is 6.62. The molecule has 0 heterocycles. The summed E-state index contributed by atoms with van der Waals surface area (Å²) in [7, 11) is 0. The highest BCUT2D eigenvalue weighted by Crippen LogP contribution is 2.55. The number of carboxylic acid groups (broad SMARTS) is 2. The van der Waals surface area contributed by atoms with Crippen molar-refractivity contribution in [3.8, 4) is 0 Å². The van der Waals surface area contributed by atoms with Crippen LogP contribution in [0.15, 0.2) is 0 Å². The van der Waals surface area contributed by atoms with E-state index in [9.17, 15) is 98.8 Å². The van der Waals surface area contributed by atoms with Gasteiger partial charge in [-0.1, -0.05) is 6.92 Å². The van der Waals surface area contributed by atoms with Gasteiger partial charge in [-0.25, -0.2) is 9.59 Å². The predicted molar refractivity (Wildman–Crippen MR) is 102 cm³/mol. The van der Waals surface area contributed by atoms with Crippen LogP contribution in [0.5, 0.6) is 0 Å². The van der Waals surface area contributed by atoms with Gasteiger partial charge in [-0.2, -0.15) is 79.0 Å². The molecular weight excluding hydrogens is 662 g/mol. The molecular formula is C19H18F18N2O4. The standard InChI is InChI=1S/C19H18F18N2O4/c1-7-2-3-8(38(10(40)41)5-12(20,21)14(24,25)16(28,29)18(32,33)34)4-9(7)39(11(42)43)6-13(22,23)15(26,27)17(30,31)19(35,36)37/h7-9H,2-6H2,1H3,(H,40,41)(H,42,43). The number of carbonyl (C=O) groups is 2. The lowest BCUT2D eigenvalue weighted by molar-refractivity contribution is -0.397. The number of hydrogen-bond donors (Lipinski definition) is 2. The molecule has 1 aliphatic rings. The molecule has 2 N–H and O–H groups in total. The van der Waals surface area contributed by atoms with E-state index < -0.39 is 120 Å². The Kier molecular flexibility index (Phi) is 10.1. The van der Waals surface area contributed by atoms with E-state index in [0.717, 1.165) is 6.92 Å². The maximum absolute atomic E-state index is 14.2. The summed E-state index contributed by atoms with van der Waals surface area (Å²) < 4.78 is 238. The van der Waals surface area contributed by atoms with Crippen molar-refractivity contribution in [1.82, 2.24) is 9.80 Å². The molecule has 1 saturated carbocycles. The molecule has 43 heavy (non-hydrogen) atoms. The van der Waals surface area contributed by atoms with E-state index in [0.29, 0.717) is 0 Å². The summed E-state index contributed by atoms with van der Waals surface area (Å²) in [5, 5.41) is 18.4. The molecule has 0 aromatic heterocycles. The van der Waals surface area contributed by atoms with Crippen molar-refractivity contribution in [1.29, 1.82) is 0 Å². The second-order valence-electron chi connectivity index (χ2n) is 9.53. The molecule has 1 fully saturated rings.